The average molecular weight is 451 g/mol. The molecule has 158 valence electrons. The summed E-state index contributed by atoms with van der Waals surface area (Å²) in [6.45, 7) is -0.571. The van der Waals surface area contributed by atoms with Gasteiger partial charge in [-0.2, -0.15) is 17.5 Å². The molecule has 2 aromatic rings. The van der Waals surface area contributed by atoms with Gasteiger partial charge in [-0.1, -0.05) is 18.2 Å². The Morgan fingerprint density at radius 2 is 1.59 bits per heavy atom. The molecule has 1 saturated heterocycles. The van der Waals surface area contributed by atoms with E-state index in [0.717, 1.165) is 22.5 Å². The van der Waals surface area contributed by atoms with Crippen LogP contribution in [0.2, 0.25) is 0 Å². The van der Waals surface area contributed by atoms with Gasteiger partial charge in [0.2, 0.25) is 10.0 Å². The molecule has 1 unspecified atom stereocenters. The van der Waals surface area contributed by atoms with Crippen molar-refractivity contribution >= 4 is 19.9 Å². The zero-order valence-electron chi connectivity index (χ0n) is 14.9. The molecule has 1 aliphatic rings. The van der Waals surface area contributed by atoms with Crippen LogP contribution in [0.25, 0.3) is 0 Å². The molecule has 29 heavy (non-hydrogen) atoms. The minimum Gasteiger partial charge on any atom is -0.228 e. The summed E-state index contributed by atoms with van der Waals surface area (Å²) in [5, 5.41) is -1.20. The highest BCUT2D eigenvalue weighted by atomic mass is 32.2. The predicted octanol–water partition coefficient (Wildman–Crippen LogP) is 3.40. The Hall–Kier alpha value is -1.98. The number of nitrogens with zero attached hydrogens (tertiary/aromatic N) is 1. The first-order chi connectivity index (χ1) is 13.4. The molecule has 0 amide bonds. The lowest BCUT2D eigenvalue weighted by atomic mass is 10.1. The topological polar surface area (TPSA) is 71.5 Å². The Bertz CT molecular complexity index is 1100. The average Bonchev–Trinajstić information content (AvgIpc) is 2.80. The molecule has 2 aromatic carbocycles. The lowest BCUT2D eigenvalue weighted by Gasteiger charge is -2.20. The maximum atomic E-state index is 14.1. The van der Waals surface area contributed by atoms with Crippen molar-refractivity contribution in [3.8, 4) is 0 Å². The third-order valence-electron chi connectivity index (χ3n) is 4.77. The molecule has 0 bridgehead atoms. The SMILES string of the molecule is O=S1(=O)CCN(S(=O)(=O)c2ccc(C(F)(F)F)cc2)CCC1c1ccccc1F. The smallest absolute Gasteiger partial charge is 0.228 e. The molecule has 0 spiro atoms. The van der Waals surface area contributed by atoms with Crippen LogP contribution in [0.15, 0.2) is 53.4 Å². The van der Waals surface area contributed by atoms with Crippen molar-refractivity contribution in [3.63, 3.8) is 0 Å². The summed E-state index contributed by atoms with van der Waals surface area (Å²) in [6, 6.07) is 8.38. The molecule has 0 N–H and O–H groups in total. The fourth-order valence-electron chi connectivity index (χ4n) is 3.21. The Kier molecular flexibility index (Phi) is 5.76. The fourth-order valence-corrected chi connectivity index (χ4v) is 6.59. The van der Waals surface area contributed by atoms with Gasteiger partial charge in [0.25, 0.3) is 0 Å². The van der Waals surface area contributed by atoms with Gasteiger partial charge in [0.05, 0.1) is 21.5 Å². The van der Waals surface area contributed by atoms with Crippen LogP contribution >= 0.6 is 0 Å². The first kappa shape index (κ1) is 21.7. The van der Waals surface area contributed by atoms with Gasteiger partial charge in [-0.3, -0.25) is 0 Å². The van der Waals surface area contributed by atoms with Gasteiger partial charge < -0.3 is 0 Å². The van der Waals surface area contributed by atoms with Gasteiger partial charge in [-0.15, -0.1) is 0 Å². The van der Waals surface area contributed by atoms with E-state index in [-0.39, 0.29) is 30.0 Å². The standard InChI is InChI=1S/C18H17F4NO4S2/c19-16-4-2-1-3-15(16)17-9-10-23(11-12-28(17,24)25)29(26,27)14-7-5-13(6-8-14)18(20,21)22/h1-8,17H,9-12H2. The van der Waals surface area contributed by atoms with E-state index < -0.39 is 48.4 Å². The summed E-state index contributed by atoms with van der Waals surface area (Å²) in [5.41, 5.74) is -1.02. The van der Waals surface area contributed by atoms with Crippen molar-refractivity contribution in [2.24, 2.45) is 0 Å². The third-order valence-corrected chi connectivity index (χ3v) is 8.79. The zero-order chi connectivity index (χ0) is 21.4. The monoisotopic (exact) mass is 451 g/mol. The highest BCUT2D eigenvalue weighted by molar-refractivity contribution is 7.92. The van der Waals surface area contributed by atoms with Crippen LogP contribution in [0.1, 0.15) is 22.8 Å². The Morgan fingerprint density at radius 3 is 2.17 bits per heavy atom. The Balaban J connectivity index is 1.88. The zero-order valence-corrected chi connectivity index (χ0v) is 16.6. The number of hydrogen-bond donors (Lipinski definition) is 0. The van der Waals surface area contributed by atoms with Crippen LogP contribution in [-0.2, 0) is 26.0 Å². The molecule has 1 heterocycles. The van der Waals surface area contributed by atoms with Crippen LogP contribution in [0.3, 0.4) is 0 Å². The molecule has 0 radical (unpaired) electrons. The summed E-state index contributed by atoms with van der Waals surface area (Å²) in [7, 11) is -8.04. The number of rotatable bonds is 3. The van der Waals surface area contributed by atoms with Crippen molar-refractivity contribution < 1.29 is 34.4 Å². The van der Waals surface area contributed by atoms with Crippen LogP contribution in [0.5, 0.6) is 0 Å². The Labute approximate surface area is 165 Å². The van der Waals surface area contributed by atoms with Crippen molar-refractivity contribution in [2.45, 2.75) is 22.7 Å². The summed E-state index contributed by atoms with van der Waals surface area (Å²) < 4.78 is 104. The molecule has 0 saturated carbocycles. The van der Waals surface area contributed by atoms with E-state index in [0.29, 0.717) is 12.1 Å². The van der Waals surface area contributed by atoms with Gasteiger partial charge in [0, 0.05) is 18.7 Å². The number of alkyl halides is 3. The fraction of sp³-hybridized carbons (Fsp3) is 0.333. The van der Waals surface area contributed by atoms with E-state index >= 15 is 0 Å². The van der Waals surface area contributed by atoms with E-state index in [9.17, 15) is 34.4 Å². The molecule has 3 rings (SSSR count). The molecular formula is C18H17F4NO4S2. The van der Waals surface area contributed by atoms with Crippen LogP contribution in [0.4, 0.5) is 17.6 Å². The molecule has 11 heteroatoms. The summed E-state index contributed by atoms with van der Waals surface area (Å²) in [4.78, 5) is -0.368. The molecule has 0 aromatic heterocycles. The quantitative estimate of drug-likeness (QED) is 0.671. The van der Waals surface area contributed by atoms with Crippen molar-refractivity contribution in [1.82, 2.24) is 4.31 Å². The summed E-state index contributed by atoms with van der Waals surface area (Å²) >= 11 is 0. The van der Waals surface area contributed by atoms with Gasteiger partial charge in [-0.05, 0) is 36.8 Å². The second-order valence-electron chi connectivity index (χ2n) is 6.59. The first-order valence-corrected chi connectivity index (χ1v) is 11.7. The molecule has 1 atom stereocenters. The third kappa shape index (κ3) is 4.46. The van der Waals surface area contributed by atoms with Crippen LogP contribution in [-0.4, -0.2) is 40.0 Å². The van der Waals surface area contributed by atoms with Crippen molar-refractivity contribution in [3.05, 3.63) is 65.5 Å². The first-order valence-electron chi connectivity index (χ1n) is 8.56. The van der Waals surface area contributed by atoms with E-state index in [1.807, 2.05) is 0 Å². The summed E-state index contributed by atoms with van der Waals surface area (Å²) in [5.74, 6) is -1.22. The van der Waals surface area contributed by atoms with E-state index in [1.165, 1.54) is 18.2 Å². The molecule has 1 aliphatic heterocycles. The van der Waals surface area contributed by atoms with E-state index in [1.54, 1.807) is 0 Å². The van der Waals surface area contributed by atoms with Gasteiger partial charge in [-0.25, -0.2) is 21.2 Å². The highest BCUT2D eigenvalue weighted by Crippen LogP contribution is 2.33. The molecular weight excluding hydrogens is 434 g/mol. The van der Waals surface area contributed by atoms with E-state index in [2.05, 4.69) is 0 Å². The predicted molar refractivity (Wildman–Crippen MR) is 97.7 cm³/mol. The Morgan fingerprint density at radius 1 is 0.966 bits per heavy atom. The number of benzene rings is 2. The second kappa shape index (κ2) is 7.69. The van der Waals surface area contributed by atoms with Crippen LogP contribution in [0, 0.1) is 5.82 Å². The summed E-state index contributed by atoms with van der Waals surface area (Å²) in [6.07, 6.45) is -4.77. The van der Waals surface area contributed by atoms with Crippen LogP contribution < -0.4 is 0 Å². The molecule has 5 nitrogen and oxygen atoms in total. The maximum Gasteiger partial charge on any atom is 0.416 e. The number of halogens is 4. The second-order valence-corrected chi connectivity index (χ2v) is 10.8. The minimum absolute atomic E-state index is 0.0266. The number of sulfone groups is 1. The largest absolute Gasteiger partial charge is 0.416 e. The molecule has 1 fully saturated rings. The van der Waals surface area contributed by atoms with Gasteiger partial charge in [0.15, 0.2) is 9.84 Å². The van der Waals surface area contributed by atoms with Gasteiger partial charge >= 0.3 is 6.18 Å². The lowest BCUT2D eigenvalue weighted by Crippen LogP contribution is -2.33. The minimum atomic E-state index is -4.61. The maximum absolute atomic E-state index is 14.1. The lowest BCUT2D eigenvalue weighted by molar-refractivity contribution is -0.137. The van der Waals surface area contributed by atoms with Gasteiger partial charge in [0.1, 0.15) is 5.82 Å². The highest BCUT2D eigenvalue weighted by Gasteiger charge is 2.37. The number of sulfonamides is 1. The van der Waals surface area contributed by atoms with E-state index in [4.69, 9.17) is 0 Å². The number of hydrogen-bond acceptors (Lipinski definition) is 4. The van der Waals surface area contributed by atoms with Crippen molar-refractivity contribution in [1.29, 1.82) is 0 Å². The van der Waals surface area contributed by atoms with Crippen molar-refractivity contribution in [2.75, 3.05) is 18.8 Å². The normalized spacial score (nSPS) is 20.9. The molecule has 0 aliphatic carbocycles.